The first-order valence-electron chi connectivity index (χ1n) is 10.2. The van der Waals surface area contributed by atoms with Gasteiger partial charge in [-0.2, -0.15) is 0 Å². The van der Waals surface area contributed by atoms with Crippen LogP contribution in [0.3, 0.4) is 0 Å². The van der Waals surface area contributed by atoms with Crippen LogP contribution in [0.15, 0.2) is 65.4 Å². The summed E-state index contributed by atoms with van der Waals surface area (Å²) in [5.74, 6) is -0.755. The molecule has 1 atom stereocenters. The highest BCUT2D eigenvalue weighted by Gasteiger charge is 2.23. The number of phosphoric ester groups is 1. The van der Waals surface area contributed by atoms with E-state index in [9.17, 15) is 18.2 Å². The van der Waals surface area contributed by atoms with E-state index in [2.05, 4.69) is 20.0 Å². The molecule has 182 valence electrons. The number of hydrogen-bond donors (Lipinski definition) is 3. The van der Waals surface area contributed by atoms with Crippen molar-refractivity contribution in [1.82, 2.24) is 10.1 Å². The van der Waals surface area contributed by atoms with E-state index < -0.39 is 19.5 Å². The standard InChI is InChI=1S/C22H20F2N5O5P/c1-32-35(30,31)33-13-29-8-4-5-16(21(29)25)20-11-15(28-34-20)9-14-10-18(24)22(26-12-14)27-19-7-3-2-6-17(19)23/h2-8,10-12,25H,9,13H2,1H3,(H2,26,27,30,31)/p+1. The Labute approximate surface area is 198 Å². The fourth-order valence-corrected chi connectivity index (χ4v) is 3.54. The van der Waals surface area contributed by atoms with Gasteiger partial charge in [-0.05, 0) is 35.9 Å². The van der Waals surface area contributed by atoms with Crippen molar-refractivity contribution in [2.75, 3.05) is 18.2 Å². The first-order valence-corrected chi connectivity index (χ1v) is 11.7. The van der Waals surface area contributed by atoms with E-state index in [0.29, 0.717) is 22.6 Å². The van der Waals surface area contributed by atoms with Gasteiger partial charge < -0.3 is 14.7 Å². The van der Waals surface area contributed by atoms with Crippen LogP contribution in [-0.2, 0) is 26.8 Å². The topological polar surface area (TPSA) is 137 Å². The van der Waals surface area contributed by atoms with E-state index in [0.717, 1.165) is 7.11 Å². The van der Waals surface area contributed by atoms with Crippen LogP contribution in [0.1, 0.15) is 11.3 Å². The van der Waals surface area contributed by atoms with Crippen LogP contribution in [0.4, 0.5) is 26.1 Å². The van der Waals surface area contributed by atoms with Crippen molar-refractivity contribution < 1.29 is 36.4 Å². The first-order chi connectivity index (χ1) is 16.8. The zero-order valence-corrected chi connectivity index (χ0v) is 19.3. The maximum atomic E-state index is 14.6. The monoisotopic (exact) mass is 504 g/mol. The summed E-state index contributed by atoms with van der Waals surface area (Å²) >= 11 is 0. The minimum Gasteiger partial charge on any atom is -0.356 e. The van der Waals surface area contributed by atoms with E-state index >= 15 is 0 Å². The molecule has 0 fully saturated rings. The molecule has 3 heterocycles. The number of nitrogens with two attached hydrogens (primary N) is 1. The average molecular weight is 504 g/mol. The van der Waals surface area contributed by atoms with Crippen molar-refractivity contribution in [2.24, 2.45) is 0 Å². The van der Waals surface area contributed by atoms with Crippen LogP contribution >= 0.6 is 7.82 Å². The second kappa shape index (κ2) is 10.3. The average Bonchev–Trinajstić information content (AvgIpc) is 3.29. The van der Waals surface area contributed by atoms with Gasteiger partial charge >= 0.3 is 7.82 Å². The van der Waals surface area contributed by atoms with E-state index in [1.807, 2.05) is 0 Å². The maximum absolute atomic E-state index is 14.6. The van der Waals surface area contributed by atoms with Gasteiger partial charge in [-0.3, -0.25) is 10.3 Å². The highest BCUT2D eigenvalue weighted by atomic mass is 31.2. The number of para-hydroxylation sites is 1. The van der Waals surface area contributed by atoms with Crippen LogP contribution in [-0.4, -0.2) is 22.1 Å². The number of halogens is 2. The van der Waals surface area contributed by atoms with Crippen molar-refractivity contribution in [2.45, 2.75) is 13.2 Å². The summed E-state index contributed by atoms with van der Waals surface area (Å²) in [6, 6.07) is 12.1. The second-order valence-electron chi connectivity index (χ2n) is 7.32. The molecule has 0 aliphatic rings. The Morgan fingerprint density at radius 3 is 2.74 bits per heavy atom. The minimum absolute atomic E-state index is 0.107. The maximum Gasteiger partial charge on any atom is 0.475 e. The summed E-state index contributed by atoms with van der Waals surface area (Å²) in [6.45, 7) is -0.333. The number of phosphoric acid groups is 1. The predicted molar refractivity (Wildman–Crippen MR) is 121 cm³/mol. The lowest BCUT2D eigenvalue weighted by atomic mass is 10.1. The van der Waals surface area contributed by atoms with Crippen molar-refractivity contribution in [1.29, 1.82) is 0 Å². The Balaban J connectivity index is 1.48. The molecule has 13 heteroatoms. The van der Waals surface area contributed by atoms with Gasteiger partial charge in [0.1, 0.15) is 11.4 Å². The predicted octanol–water partition coefficient (Wildman–Crippen LogP) is 3.94. The molecule has 1 unspecified atom stereocenters. The first kappa shape index (κ1) is 24.4. The molecular weight excluding hydrogens is 483 g/mol. The van der Waals surface area contributed by atoms with Crippen LogP contribution in [0, 0.1) is 11.6 Å². The molecule has 0 bridgehead atoms. The highest BCUT2D eigenvalue weighted by molar-refractivity contribution is 7.47. The number of nitrogens with zero attached hydrogens (tertiary/aromatic N) is 3. The van der Waals surface area contributed by atoms with E-state index in [-0.39, 0.29) is 30.5 Å². The van der Waals surface area contributed by atoms with Gasteiger partial charge in [0.25, 0.3) is 5.82 Å². The summed E-state index contributed by atoms with van der Waals surface area (Å²) in [4.78, 5) is 13.5. The number of nitrogens with one attached hydrogen (secondary N) is 1. The van der Waals surface area contributed by atoms with Crippen molar-refractivity contribution >= 4 is 25.1 Å². The Morgan fingerprint density at radius 2 is 2.00 bits per heavy atom. The van der Waals surface area contributed by atoms with Gasteiger partial charge in [0, 0.05) is 25.8 Å². The van der Waals surface area contributed by atoms with Gasteiger partial charge in [-0.15, -0.1) is 0 Å². The van der Waals surface area contributed by atoms with E-state index in [1.54, 1.807) is 30.5 Å². The number of rotatable bonds is 9. The fourth-order valence-electron chi connectivity index (χ4n) is 3.16. The Hall–Kier alpha value is -3.70. The summed E-state index contributed by atoms with van der Waals surface area (Å²) in [5, 5.41) is 6.63. The third-order valence-corrected chi connectivity index (χ3v) is 5.84. The quantitative estimate of drug-likeness (QED) is 0.229. The van der Waals surface area contributed by atoms with E-state index in [1.165, 1.54) is 35.0 Å². The molecule has 1 aromatic carbocycles. The molecule has 0 saturated heterocycles. The number of benzene rings is 1. The molecule has 3 aromatic heterocycles. The van der Waals surface area contributed by atoms with Gasteiger partial charge in [-0.1, -0.05) is 17.3 Å². The van der Waals surface area contributed by atoms with Crippen molar-refractivity contribution in [3.05, 3.63) is 83.8 Å². The van der Waals surface area contributed by atoms with Gasteiger partial charge in [0.2, 0.25) is 6.73 Å². The number of aromatic nitrogens is 3. The molecule has 0 aliphatic heterocycles. The van der Waals surface area contributed by atoms with Crippen LogP contribution in [0.5, 0.6) is 0 Å². The SMILES string of the molecule is COP(=O)(O)OC[n+]1cccc(-c2cc(Cc3cnc(Nc4ccccc4F)c(F)c3)no2)c1N. The lowest BCUT2D eigenvalue weighted by Gasteiger charge is -2.09. The molecule has 4 N–H and O–H groups in total. The molecule has 4 aromatic rings. The number of anilines is 3. The normalized spacial score (nSPS) is 12.9. The van der Waals surface area contributed by atoms with E-state index in [4.69, 9.17) is 14.8 Å². The largest absolute Gasteiger partial charge is 0.475 e. The molecule has 0 aliphatic carbocycles. The molecule has 0 radical (unpaired) electrons. The number of nitrogen functional groups attached to an aromatic ring is 1. The Kier molecular flexibility index (Phi) is 7.17. The zero-order valence-electron chi connectivity index (χ0n) is 18.4. The molecule has 0 spiro atoms. The smallest absolute Gasteiger partial charge is 0.356 e. The summed E-state index contributed by atoms with van der Waals surface area (Å²) < 4.78 is 55.9. The number of hydrogen-bond acceptors (Lipinski definition) is 8. The summed E-state index contributed by atoms with van der Waals surface area (Å²) in [7, 11) is -3.13. The summed E-state index contributed by atoms with van der Waals surface area (Å²) in [6.07, 6.45) is 3.22. The van der Waals surface area contributed by atoms with Gasteiger partial charge in [0.05, 0.1) is 17.6 Å². The number of pyridine rings is 2. The van der Waals surface area contributed by atoms with Gasteiger partial charge in [-0.25, -0.2) is 27.4 Å². The lowest BCUT2D eigenvalue weighted by Crippen LogP contribution is -2.38. The fraction of sp³-hybridized carbons (Fsp3) is 0.136. The van der Waals surface area contributed by atoms with Crippen LogP contribution < -0.4 is 15.6 Å². The van der Waals surface area contributed by atoms with Crippen LogP contribution in [0.2, 0.25) is 0 Å². The summed E-state index contributed by atoms with van der Waals surface area (Å²) in [5.41, 5.74) is 7.73. The third-order valence-electron chi connectivity index (χ3n) is 4.94. The molecular formula is C22H21F2N5O5P+. The molecule has 4 rings (SSSR count). The zero-order chi connectivity index (χ0) is 25.0. The molecule has 10 nitrogen and oxygen atoms in total. The molecule has 0 saturated carbocycles. The van der Waals surface area contributed by atoms with Crippen LogP contribution in [0.25, 0.3) is 11.3 Å². The lowest BCUT2D eigenvalue weighted by molar-refractivity contribution is -0.711. The van der Waals surface area contributed by atoms with Crippen molar-refractivity contribution in [3.63, 3.8) is 0 Å². The third kappa shape index (κ3) is 5.87. The highest BCUT2D eigenvalue weighted by Crippen LogP contribution is 2.41. The molecule has 35 heavy (non-hydrogen) atoms. The minimum atomic E-state index is -4.18. The van der Waals surface area contributed by atoms with Crippen molar-refractivity contribution in [3.8, 4) is 11.3 Å². The second-order valence-corrected chi connectivity index (χ2v) is 8.88. The molecule has 0 amide bonds. The Bertz CT molecular complexity index is 1400. The van der Waals surface area contributed by atoms with Gasteiger partial charge in [0.15, 0.2) is 17.4 Å². The Morgan fingerprint density at radius 1 is 1.20 bits per heavy atom.